The van der Waals surface area contributed by atoms with Gasteiger partial charge in [-0.1, -0.05) is 24.3 Å². The van der Waals surface area contributed by atoms with E-state index in [1.165, 1.54) is 11.1 Å². The predicted molar refractivity (Wildman–Crippen MR) is 123 cm³/mol. The molecule has 9 heteroatoms. The van der Waals surface area contributed by atoms with Crippen molar-refractivity contribution in [3.8, 4) is 0 Å². The number of fused-ring (bicyclic) bond motifs is 1. The van der Waals surface area contributed by atoms with E-state index in [2.05, 4.69) is 33.1 Å². The standard InChI is InChI=1S/C19H24N6OS.HI/c20-18(23-8-10-24(11-9-23)19-21-6-12-27-19)22-13-17(26)25-7-5-15-3-1-2-4-16(15)14-25;/h1-4,6,12H,5,7-11,13-14H2,(H2,20,22);1H. The van der Waals surface area contributed by atoms with Gasteiger partial charge in [-0.2, -0.15) is 0 Å². The molecular formula is C19H25IN6OS. The molecule has 0 bridgehead atoms. The van der Waals surface area contributed by atoms with Crippen LogP contribution >= 0.6 is 35.3 Å². The molecule has 4 rings (SSSR count). The Bertz CT molecular complexity index is 820. The smallest absolute Gasteiger partial charge is 0.244 e. The monoisotopic (exact) mass is 512 g/mol. The number of halogens is 1. The van der Waals surface area contributed by atoms with Crippen LogP contribution in [0.2, 0.25) is 0 Å². The van der Waals surface area contributed by atoms with Crippen molar-refractivity contribution in [3.63, 3.8) is 0 Å². The lowest BCUT2D eigenvalue weighted by Crippen LogP contribution is -2.51. The fraction of sp³-hybridized carbons (Fsp3) is 0.421. The van der Waals surface area contributed by atoms with Gasteiger partial charge < -0.3 is 20.4 Å². The molecule has 7 nitrogen and oxygen atoms in total. The molecule has 0 radical (unpaired) electrons. The van der Waals surface area contributed by atoms with E-state index in [0.717, 1.165) is 44.3 Å². The van der Waals surface area contributed by atoms with Crippen LogP contribution in [-0.2, 0) is 17.8 Å². The zero-order chi connectivity index (χ0) is 18.6. The summed E-state index contributed by atoms with van der Waals surface area (Å²) >= 11 is 1.65. The second-order valence-corrected chi connectivity index (χ2v) is 7.67. The third-order valence-electron chi connectivity index (χ3n) is 5.15. The summed E-state index contributed by atoms with van der Waals surface area (Å²) in [7, 11) is 0. The lowest BCUT2D eigenvalue weighted by atomic mass is 10.00. The van der Waals surface area contributed by atoms with E-state index in [-0.39, 0.29) is 36.4 Å². The maximum atomic E-state index is 12.5. The highest BCUT2D eigenvalue weighted by Gasteiger charge is 2.22. The van der Waals surface area contributed by atoms with Crippen molar-refractivity contribution in [1.82, 2.24) is 14.8 Å². The Morgan fingerprint density at radius 3 is 2.57 bits per heavy atom. The summed E-state index contributed by atoms with van der Waals surface area (Å²) in [6.45, 7) is 4.83. The van der Waals surface area contributed by atoms with Crippen molar-refractivity contribution >= 4 is 52.3 Å². The number of rotatable bonds is 3. The fourth-order valence-electron chi connectivity index (χ4n) is 3.56. The molecule has 2 aliphatic rings. The molecule has 1 amide bonds. The van der Waals surface area contributed by atoms with Crippen LogP contribution in [0.3, 0.4) is 0 Å². The molecular weight excluding hydrogens is 487 g/mol. The molecule has 0 atom stereocenters. The van der Waals surface area contributed by atoms with E-state index in [9.17, 15) is 4.79 Å². The van der Waals surface area contributed by atoms with Crippen LogP contribution in [0.15, 0.2) is 40.8 Å². The number of aromatic nitrogens is 1. The van der Waals surface area contributed by atoms with Crippen LogP contribution in [0.4, 0.5) is 5.13 Å². The number of nitrogens with two attached hydrogens (primary N) is 1. The zero-order valence-electron chi connectivity index (χ0n) is 15.7. The summed E-state index contributed by atoms with van der Waals surface area (Å²) in [5.74, 6) is 0.494. The number of carbonyl (C=O) groups is 1. The van der Waals surface area contributed by atoms with Gasteiger partial charge in [0, 0.05) is 50.8 Å². The van der Waals surface area contributed by atoms with E-state index in [4.69, 9.17) is 5.73 Å². The number of thiazole rings is 1. The number of carbonyl (C=O) groups excluding carboxylic acids is 1. The first kappa shape index (κ1) is 20.8. The van der Waals surface area contributed by atoms with Crippen molar-refractivity contribution in [1.29, 1.82) is 0 Å². The second kappa shape index (κ2) is 9.55. The second-order valence-electron chi connectivity index (χ2n) is 6.80. The topological polar surface area (TPSA) is 78.1 Å². The molecule has 0 aliphatic carbocycles. The Kier molecular flexibility index (Phi) is 7.11. The molecule has 1 saturated heterocycles. The SMILES string of the molecule is I.NC(=NCC(=O)N1CCc2ccccc2C1)N1CCN(c2nccs2)CC1. The minimum absolute atomic E-state index is 0. The Balaban J connectivity index is 0.00000225. The summed E-state index contributed by atoms with van der Waals surface area (Å²) in [5.41, 5.74) is 8.71. The van der Waals surface area contributed by atoms with E-state index in [1.807, 2.05) is 27.4 Å². The fourth-order valence-corrected chi connectivity index (χ4v) is 4.25. The van der Waals surface area contributed by atoms with Crippen molar-refractivity contribution in [2.75, 3.05) is 44.2 Å². The highest BCUT2D eigenvalue weighted by molar-refractivity contribution is 14.0. The number of hydrogen-bond donors (Lipinski definition) is 1. The van der Waals surface area contributed by atoms with E-state index in [1.54, 1.807) is 11.3 Å². The van der Waals surface area contributed by atoms with Crippen LogP contribution < -0.4 is 10.6 Å². The third kappa shape index (κ3) is 4.75. The highest BCUT2D eigenvalue weighted by Crippen LogP contribution is 2.19. The summed E-state index contributed by atoms with van der Waals surface area (Å²) < 4.78 is 0. The molecule has 0 saturated carbocycles. The van der Waals surface area contributed by atoms with Crippen LogP contribution in [-0.4, -0.2) is 65.9 Å². The summed E-state index contributed by atoms with van der Waals surface area (Å²) in [6, 6.07) is 8.30. The quantitative estimate of drug-likeness (QED) is 0.386. The first-order valence-corrected chi connectivity index (χ1v) is 10.1. The van der Waals surface area contributed by atoms with Crippen LogP contribution in [0.25, 0.3) is 0 Å². The molecule has 28 heavy (non-hydrogen) atoms. The molecule has 1 aromatic heterocycles. The van der Waals surface area contributed by atoms with Gasteiger partial charge >= 0.3 is 0 Å². The summed E-state index contributed by atoms with van der Waals surface area (Å²) in [6.07, 6.45) is 2.73. The summed E-state index contributed by atoms with van der Waals surface area (Å²) in [4.78, 5) is 27.4. The van der Waals surface area contributed by atoms with Gasteiger partial charge in [0.05, 0.1) is 0 Å². The lowest BCUT2D eigenvalue weighted by Gasteiger charge is -2.35. The molecule has 0 unspecified atom stereocenters. The lowest BCUT2D eigenvalue weighted by molar-refractivity contribution is -0.130. The average molecular weight is 512 g/mol. The van der Waals surface area contributed by atoms with Crippen molar-refractivity contribution in [2.24, 2.45) is 10.7 Å². The zero-order valence-corrected chi connectivity index (χ0v) is 18.8. The number of aliphatic imine (C=N–C) groups is 1. The minimum atomic E-state index is 0. The van der Waals surface area contributed by atoms with Gasteiger partial charge in [0.25, 0.3) is 0 Å². The molecule has 2 aromatic rings. The van der Waals surface area contributed by atoms with Crippen LogP contribution in [0, 0.1) is 0 Å². The highest BCUT2D eigenvalue weighted by atomic mass is 127. The first-order valence-electron chi connectivity index (χ1n) is 9.24. The Morgan fingerprint density at radius 1 is 1.11 bits per heavy atom. The molecule has 150 valence electrons. The Morgan fingerprint density at radius 2 is 1.86 bits per heavy atom. The molecule has 0 spiro atoms. The minimum Gasteiger partial charge on any atom is -0.370 e. The molecule has 3 heterocycles. The number of guanidine groups is 1. The number of nitrogens with zero attached hydrogens (tertiary/aromatic N) is 5. The normalized spacial score (nSPS) is 17.1. The number of hydrogen-bond acceptors (Lipinski definition) is 5. The molecule has 1 fully saturated rings. The average Bonchev–Trinajstić information content (AvgIpc) is 3.26. The Hall–Kier alpha value is -1.88. The van der Waals surface area contributed by atoms with Gasteiger partial charge in [-0.15, -0.1) is 35.3 Å². The predicted octanol–water partition coefficient (Wildman–Crippen LogP) is 1.78. The van der Waals surface area contributed by atoms with Crippen molar-refractivity contribution < 1.29 is 4.79 Å². The van der Waals surface area contributed by atoms with E-state index in [0.29, 0.717) is 12.5 Å². The maximum absolute atomic E-state index is 12.5. The molecule has 2 N–H and O–H groups in total. The Labute approximate surface area is 186 Å². The molecule has 2 aliphatic heterocycles. The third-order valence-corrected chi connectivity index (χ3v) is 5.99. The maximum Gasteiger partial charge on any atom is 0.244 e. The number of amides is 1. The van der Waals surface area contributed by atoms with Gasteiger partial charge in [-0.25, -0.2) is 9.98 Å². The van der Waals surface area contributed by atoms with Gasteiger partial charge in [-0.3, -0.25) is 4.79 Å². The van der Waals surface area contributed by atoms with Gasteiger partial charge in [0.1, 0.15) is 6.54 Å². The van der Waals surface area contributed by atoms with Crippen molar-refractivity contribution in [2.45, 2.75) is 13.0 Å². The first-order chi connectivity index (χ1) is 13.2. The van der Waals surface area contributed by atoms with Crippen molar-refractivity contribution in [3.05, 3.63) is 47.0 Å². The number of benzene rings is 1. The summed E-state index contributed by atoms with van der Waals surface area (Å²) in [5, 5.41) is 3.04. The van der Waals surface area contributed by atoms with Crippen LogP contribution in [0.5, 0.6) is 0 Å². The van der Waals surface area contributed by atoms with E-state index >= 15 is 0 Å². The largest absolute Gasteiger partial charge is 0.370 e. The number of piperazine rings is 1. The van der Waals surface area contributed by atoms with E-state index < -0.39 is 0 Å². The molecule has 1 aromatic carbocycles. The number of anilines is 1. The van der Waals surface area contributed by atoms with Gasteiger partial charge in [0.15, 0.2) is 11.1 Å². The van der Waals surface area contributed by atoms with Gasteiger partial charge in [-0.05, 0) is 17.5 Å². The van der Waals surface area contributed by atoms with Gasteiger partial charge in [0.2, 0.25) is 5.91 Å². The van der Waals surface area contributed by atoms with Crippen LogP contribution in [0.1, 0.15) is 11.1 Å².